The molecule has 0 amide bonds. The van der Waals surface area contributed by atoms with Crippen molar-refractivity contribution in [1.29, 1.82) is 0 Å². The molecule has 9 heteroatoms. The number of sulfonamides is 2. The zero-order valence-corrected chi connectivity index (χ0v) is 16.6. The monoisotopic (exact) mass is 410 g/mol. The normalized spacial score (nSPS) is 16.0. The van der Waals surface area contributed by atoms with Gasteiger partial charge < -0.3 is 4.74 Å². The van der Waals surface area contributed by atoms with Crippen LogP contribution in [0.15, 0.2) is 58.3 Å². The summed E-state index contributed by atoms with van der Waals surface area (Å²) in [6, 6.07) is 12.1. The van der Waals surface area contributed by atoms with Crippen LogP contribution in [0.5, 0.6) is 5.75 Å². The Balaban J connectivity index is 1.96. The number of methoxy groups -OCH3 is 1. The van der Waals surface area contributed by atoms with E-state index in [-0.39, 0.29) is 21.2 Å². The van der Waals surface area contributed by atoms with Crippen LogP contribution in [0.3, 0.4) is 0 Å². The Morgan fingerprint density at radius 3 is 2.22 bits per heavy atom. The first-order valence-electron chi connectivity index (χ1n) is 8.61. The van der Waals surface area contributed by atoms with Crippen molar-refractivity contribution in [3.63, 3.8) is 0 Å². The highest BCUT2D eigenvalue weighted by Gasteiger charge is 2.29. The summed E-state index contributed by atoms with van der Waals surface area (Å²) in [7, 11) is -6.21. The Hall–Kier alpha value is -2.10. The summed E-state index contributed by atoms with van der Waals surface area (Å²) in [5.41, 5.74) is 0.162. The number of hydrogen-bond acceptors (Lipinski definition) is 5. The standard InChI is InChI=1S/C18H22N2O5S2/c1-25-17-11-10-15(19-26(21,22)16-8-4-2-5-9-16)14-18(17)27(23,24)20-12-6-3-7-13-20/h2,4-5,8-11,14,19H,3,6-7,12-13H2,1H3. The molecule has 0 radical (unpaired) electrons. The van der Waals surface area contributed by atoms with Gasteiger partial charge in [-0.3, -0.25) is 4.72 Å². The lowest BCUT2D eigenvalue weighted by molar-refractivity contribution is 0.343. The Labute approximate surface area is 160 Å². The summed E-state index contributed by atoms with van der Waals surface area (Å²) in [4.78, 5) is 0.0569. The van der Waals surface area contributed by atoms with Gasteiger partial charge in [-0.05, 0) is 43.2 Å². The number of ether oxygens (including phenoxy) is 1. The highest BCUT2D eigenvalue weighted by molar-refractivity contribution is 7.92. The second-order valence-corrected chi connectivity index (χ2v) is 9.84. The quantitative estimate of drug-likeness (QED) is 0.790. The van der Waals surface area contributed by atoms with E-state index in [4.69, 9.17) is 4.74 Å². The molecule has 1 heterocycles. The van der Waals surface area contributed by atoms with Crippen molar-refractivity contribution in [3.05, 3.63) is 48.5 Å². The van der Waals surface area contributed by atoms with Crippen LogP contribution >= 0.6 is 0 Å². The van der Waals surface area contributed by atoms with Gasteiger partial charge in [0.2, 0.25) is 10.0 Å². The molecule has 0 saturated carbocycles. The average Bonchev–Trinajstić information content (AvgIpc) is 2.69. The number of hydrogen-bond donors (Lipinski definition) is 1. The fourth-order valence-corrected chi connectivity index (χ4v) is 5.77. The zero-order chi connectivity index (χ0) is 19.5. The van der Waals surface area contributed by atoms with Crippen LogP contribution in [0.25, 0.3) is 0 Å². The third kappa shape index (κ3) is 4.26. The Kier molecular flexibility index (Phi) is 5.73. The molecule has 1 aliphatic rings. The third-order valence-corrected chi connectivity index (χ3v) is 7.72. The molecular weight excluding hydrogens is 388 g/mol. The maximum atomic E-state index is 13.0. The van der Waals surface area contributed by atoms with E-state index >= 15 is 0 Å². The summed E-state index contributed by atoms with van der Waals surface area (Å²) in [5, 5.41) is 0. The van der Waals surface area contributed by atoms with Crippen LogP contribution in [-0.4, -0.2) is 41.3 Å². The molecule has 0 atom stereocenters. The highest BCUT2D eigenvalue weighted by atomic mass is 32.2. The van der Waals surface area contributed by atoms with Gasteiger partial charge in [-0.25, -0.2) is 16.8 Å². The number of benzene rings is 2. The van der Waals surface area contributed by atoms with Crippen LogP contribution in [0.1, 0.15) is 19.3 Å². The van der Waals surface area contributed by atoms with Gasteiger partial charge in [0.15, 0.2) is 0 Å². The fraction of sp³-hybridized carbons (Fsp3) is 0.333. The van der Waals surface area contributed by atoms with E-state index in [1.807, 2.05) is 0 Å². The van der Waals surface area contributed by atoms with Gasteiger partial charge in [0, 0.05) is 13.1 Å². The van der Waals surface area contributed by atoms with E-state index < -0.39 is 20.0 Å². The first-order chi connectivity index (χ1) is 12.8. The van der Waals surface area contributed by atoms with Gasteiger partial charge in [0.05, 0.1) is 17.7 Å². The first kappa shape index (κ1) is 19.7. The predicted octanol–water partition coefficient (Wildman–Crippen LogP) is 2.67. The summed E-state index contributed by atoms with van der Waals surface area (Å²) in [5.74, 6) is 0.184. The average molecular weight is 411 g/mol. The molecule has 7 nitrogen and oxygen atoms in total. The largest absolute Gasteiger partial charge is 0.495 e. The van der Waals surface area contributed by atoms with E-state index in [0.717, 1.165) is 19.3 Å². The maximum Gasteiger partial charge on any atom is 0.261 e. The summed E-state index contributed by atoms with van der Waals surface area (Å²) in [6.45, 7) is 0.900. The lowest BCUT2D eigenvalue weighted by Crippen LogP contribution is -2.35. The van der Waals surface area contributed by atoms with Crippen molar-refractivity contribution in [3.8, 4) is 5.75 Å². The van der Waals surface area contributed by atoms with Crippen LogP contribution in [-0.2, 0) is 20.0 Å². The van der Waals surface area contributed by atoms with Crippen molar-refractivity contribution in [2.75, 3.05) is 24.9 Å². The Morgan fingerprint density at radius 1 is 0.926 bits per heavy atom. The number of nitrogens with one attached hydrogen (secondary N) is 1. The van der Waals surface area contributed by atoms with Gasteiger partial charge in [-0.1, -0.05) is 24.6 Å². The molecule has 0 unspecified atom stereocenters. The minimum atomic E-state index is -3.82. The van der Waals surface area contributed by atoms with E-state index in [2.05, 4.69) is 4.72 Å². The lowest BCUT2D eigenvalue weighted by atomic mass is 10.2. The Bertz CT molecular complexity index is 999. The minimum absolute atomic E-state index is 0.0415. The number of rotatable bonds is 6. The molecule has 1 aliphatic heterocycles. The lowest BCUT2D eigenvalue weighted by Gasteiger charge is -2.26. The molecule has 146 valence electrons. The van der Waals surface area contributed by atoms with Crippen molar-refractivity contribution in [2.24, 2.45) is 0 Å². The molecule has 1 fully saturated rings. The van der Waals surface area contributed by atoms with Crippen LogP contribution < -0.4 is 9.46 Å². The second-order valence-electron chi connectivity index (χ2n) is 6.25. The molecule has 1 saturated heterocycles. The SMILES string of the molecule is COc1ccc(NS(=O)(=O)c2ccccc2)cc1S(=O)(=O)N1CCCCC1. The molecule has 0 bridgehead atoms. The molecule has 1 N–H and O–H groups in total. The van der Waals surface area contributed by atoms with Gasteiger partial charge in [-0.15, -0.1) is 0 Å². The smallest absolute Gasteiger partial charge is 0.261 e. The molecular formula is C18H22N2O5S2. The summed E-state index contributed by atoms with van der Waals surface area (Å²) >= 11 is 0. The van der Waals surface area contributed by atoms with E-state index in [1.165, 1.54) is 41.7 Å². The highest BCUT2D eigenvalue weighted by Crippen LogP contribution is 2.31. The van der Waals surface area contributed by atoms with Crippen molar-refractivity contribution in [1.82, 2.24) is 4.31 Å². The number of piperidine rings is 1. The molecule has 0 aromatic heterocycles. The molecule has 2 aromatic rings. The molecule has 3 rings (SSSR count). The van der Waals surface area contributed by atoms with Crippen LogP contribution in [0.2, 0.25) is 0 Å². The number of anilines is 1. The summed E-state index contributed by atoms with van der Waals surface area (Å²) in [6.07, 6.45) is 2.61. The van der Waals surface area contributed by atoms with Gasteiger partial charge in [-0.2, -0.15) is 4.31 Å². The van der Waals surface area contributed by atoms with Gasteiger partial charge >= 0.3 is 0 Å². The van der Waals surface area contributed by atoms with Crippen LogP contribution in [0.4, 0.5) is 5.69 Å². The summed E-state index contributed by atoms with van der Waals surface area (Å²) < 4.78 is 60.1. The van der Waals surface area contributed by atoms with E-state index in [1.54, 1.807) is 18.2 Å². The van der Waals surface area contributed by atoms with E-state index in [9.17, 15) is 16.8 Å². The van der Waals surface area contributed by atoms with E-state index in [0.29, 0.717) is 13.1 Å². The molecule has 0 spiro atoms. The third-order valence-electron chi connectivity index (χ3n) is 4.40. The van der Waals surface area contributed by atoms with Gasteiger partial charge in [0.1, 0.15) is 10.6 Å². The van der Waals surface area contributed by atoms with Crippen molar-refractivity contribution < 1.29 is 21.6 Å². The number of nitrogens with zero attached hydrogens (tertiary/aromatic N) is 1. The topological polar surface area (TPSA) is 92.8 Å². The molecule has 27 heavy (non-hydrogen) atoms. The minimum Gasteiger partial charge on any atom is -0.495 e. The van der Waals surface area contributed by atoms with Crippen molar-refractivity contribution >= 4 is 25.7 Å². The van der Waals surface area contributed by atoms with Crippen LogP contribution in [0, 0.1) is 0 Å². The fourth-order valence-electron chi connectivity index (χ4n) is 3.00. The zero-order valence-electron chi connectivity index (χ0n) is 15.0. The molecule has 2 aromatic carbocycles. The maximum absolute atomic E-state index is 13.0. The second kappa shape index (κ2) is 7.87. The molecule has 0 aliphatic carbocycles. The van der Waals surface area contributed by atoms with Crippen molar-refractivity contribution in [2.45, 2.75) is 29.1 Å². The predicted molar refractivity (Wildman–Crippen MR) is 103 cm³/mol. The Morgan fingerprint density at radius 2 is 1.59 bits per heavy atom. The van der Waals surface area contributed by atoms with Gasteiger partial charge in [0.25, 0.3) is 10.0 Å². The first-order valence-corrected chi connectivity index (χ1v) is 11.5.